The second-order valence-electron chi connectivity index (χ2n) is 6.69. The van der Waals surface area contributed by atoms with Crippen LogP contribution in [0.15, 0.2) is 63.0 Å². The van der Waals surface area contributed by atoms with Crippen LogP contribution >= 0.6 is 0 Å². The van der Waals surface area contributed by atoms with E-state index >= 15 is 0 Å². The van der Waals surface area contributed by atoms with Crippen molar-refractivity contribution in [3.8, 4) is 5.75 Å². The highest BCUT2D eigenvalue weighted by molar-refractivity contribution is 6.00. The number of hydrogen-bond acceptors (Lipinski definition) is 8. The summed E-state index contributed by atoms with van der Waals surface area (Å²) in [5.41, 5.74) is 2.25. The summed E-state index contributed by atoms with van der Waals surface area (Å²) in [7, 11) is 0. The SMILES string of the molecule is O=C1C[C@@H](c2ccco2)CC2=C1[C@H](c1ccc(O)cc1)Nc1nonc1N2. The molecule has 0 amide bonds. The number of aromatic nitrogens is 2. The molecule has 3 heterocycles. The monoisotopic (exact) mass is 364 g/mol. The molecule has 0 bridgehead atoms. The zero-order chi connectivity index (χ0) is 18.4. The molecule has 1 aromatic carbocycles. The number of carbonyl (C=O) groups excluding carboxylic acids is 1. The lowest BCUT2D eigenvalue weighted by Crippen LogP contribution is -2.26. The molecular formula is C19H16N4O4. The molecular weight excluding hydrogens is 348 g/mol. The summed E-state index contributed by atoms with van der Waals surface area (Å²) in [6.45, 7) is 0. The fourth-order valence-corrected chi connectivity index (χ4v) is 3.74. The maximum Gasteiger partial charge on any atom is 0.219 e. The van der Waals surface area contributed by atoms with Crippen LogP contribution in [0.5, 0.6) is 5.75 Å². The zero-order valence-corrected chi connectivity index (χ0v) is 14.2. The van der Waals surface area contributed by atoms with Gasteiger partial charge in [-0.25, -0.2) is 4.63 Å². The molecule has 0 radical (unpaired) electrons. The third kappa shape index (κ3) is 2.66. The van der Waals surface area contributed by atoms with Gasteiger partial charge in [-0.2, -0.15) is 0 Å². The predicted molar refractivity (Wildman–Crippen MR) is 95.1 cm³/mol. The normalized spacial score (nSPS) is 21.7. The third-order valence-electron chi connectivity index (χ3n) is 5.01. The van der Waals surface area contributed by atoms with Crippen LogP contribution in [0.1, 0.15) is 36.1 Å². The number of aromatic hydroxyl groups is 1. The van der Waals surface area contributed by atoms with Gasteiger partial charge in [-0.3, -0.25) is 4.79 Å². The van der Waals surface area contributed by atoms with Crippen molar-refractivity contribution in [1.29, 1.82) is 0 Å². The molecule has 3 N–H and O–H groups in total. The summed E-state index contributed by atoms with van der Waals surface area (Å²) in [4.78, 5) is 13.1. The van der Waals surface area contributed by atoms with Crippen LogP contribution in [0.25, 0.3) is 0 Å². The molecule has 0 unspecified atom stereocenters. The topological polar surface area (TPSA) is 113 Å². The molecule has 27 heavy (non-hydrogen) atoms. The quantitative estimate of drug-likeness (QED) is 0.634. The van der Waals surface area contributed by atoms with E-state index in [1.54, 1.807) is 30.5 Å². The van der Waals surface area contributed by atoms with E-state index in [9.17, 15) is 9.90 Å². The number of fused-ring (bicyclic) bond motifs is 1. The first kappa shape index (κ1) is 15.7. The number of nitrogens with one attached hydrogen (secondary N) is 2. The van der Waals surface area contributed by atoms with Crippen LogP contribution < -0.4 is 10.6 Å². The first-order valence-corrected chi connectivity index (χ1v) is 8.63. The van der Waals surface area contributed by atoms with Gasteiger partial charge in [-0.05, 0) is 46.6 Å². The highest BCUT2D eigenvalue weighted by Crippen LogP contribution is 2.43. The number of Topliss-reactive ketones (excluding diaryl/α,β-unsaturated/α-hetero) is 1. The lowest BCUT2D eigenvalue weighted by atomic mass is 9.80. The number of benzene rings is 1. The average Bonchev–Trinajstić information content (AvgIpc) is 3.31. The van der Waals surface area contributed by atoms with E-state index in [0.717, 1.165) is 17.0 Å². The van der Waals surface area contributed by atoms with E-state index in [1.807, 2.05) is 12.1 Å². The summed E-state index contributed by atoms with van der Waals surface area (Å²) in [6, 6.07) is 10.0. The second-order valence-corrected chi connectivity index (χ2v) is 6.69. The van der Waals surface area contributed by atoms with Gasteiger partial charge in [0.1, 0.15) is 11.5 Å². The van der Waals surface area contributed by atoms with Crippen LogP contribution in [-0.2, 0) is 4.79 Å². The highest BCUT2D eigenvalue weighted by atomic mass is 16.6. The van der Waals surface area contributed by atoms with Gasteiger partial charge in [-0.15, -0.1) is 0 Å². The molecule has 1 aliphatic carbocycles. The Bertz CT molecular complexity index is 1020. The van der Waals surface area contributed by atoms with E-state index in [2.05, 4.69) is 20.9 Å². The predicted octanol–water partition coefficient (Wildman–Crippen LogP) is 3.35. The fraction of sp³-hybridized carbons (Fsp3) is 0.211. The molecule has 8 nitrogen and oxygen atoms in total. The molecule has 0 fully saturated rings. The number of nitrogens with zero attached hydrogens (tertiary/aromatic N) is 2. The maximum absolute atomic E-state index is 13.1. The number of phenolic OH excluding ortho intramolecular Hbond substituents is 1. The van der Waals surface area contributed by atoms with Crippen molar-refractivity contribution in [1.82, 2.24) is 10.3 Å². The number of hydrogen-bond donors (Lipinski definition) is 3. The number of furan rings is 1. The molecule has 2 aromatic heterocycles. The lowest BCUT2D eigenvalue weighted by Gasteiger charge is -2.28. The number of ketones is 1. The number of rotatable bonds is 2. The minimum atomic E-state index is -0.425. The van der Waals surface area contributed by atoms with Gasteiger partial charge in [0, 0.05) is 23.6 Å². The van der Waals surface area contributed by atoms with Crippen LogP contribution in [0.3, 0.4) is 0 Å². The fourth-order valence-electron chi connectivity index (χ4n) is 3.74. The van der Waals surface area contributed by atoms with E-state index < -0.39 is 6.04 Å². The Labute approximate surface area is 153 Å². The van der Waals surface area contributed by atoms with Crippen molar-refractivity contribution in [2.45, 2.75) is 24.8 Å². The number of anilines is 2. The van der Waals surface area contributed by atoms with Crippen molar-refractivity contribution in [2.24, 2.45) is 0 Å². The van der Waals surface area contributed by atoms with Crippen LogP contribution in [0.2, 0.25) is 0 Å². The summed E-state index contributed by atoms with van der Waals surface area (Å²) in [5, 5.41) is 23.8. The number of phenols is 1. The Morgan fingerprint density at radius 3 is 2.67 bits per heavy atom. The van der Waals surface area contributed by atoms with Gasteiger partial charge >= 0.3 is 0 Å². The molecule has 5 rings (SSSR count). The molecule has 2 aliphatic rings. The Kier molecular flexibility index (Phi) is 3.49. The zero-order valence-electron chi connectivity index (χ0n) is 14.2. The van der Waals surface area contributed by atoms with E-state index in [0.29, 0.717) is 30.1 Å². The van der Waals surface area contributed by atoms with Gasteiger partial charge in [0.2, 0.25) is 11.6 Å². The average molecular weight is 364 g/mol. The minimum Gasteiger partial charge on any atom is -0.508 e. The van der Waals surface area contributed by atoms with Crippen LogP contribution in [0, 0.1) is 0 Å². The summed E-state index contributed by atoms with van der Waals surface area (Å²) in [5.74, 6) is 1.81. The number of carbonyl (C=O) groups is 1. The van der Waals surface area contributed by atoms with Crippen LogP contribution in [0.4, 0.5) is 11.6 Å². The molecule has 0 saturated heterocycles. The highest BCUT2D eigenvalue weighted by Gasteiger charge is 2.38. The van der Waals surface area contributed by atoms with Crippen molar-refractivity contribution < 1.29 is 18.9 Å². The molecule has 1 aliphatic heterocycles. The first-order chi connectivity index (χ1) is 13.2. The van der Waals surface area contributed by atoms with E-state index in [4.69, 9.17) is 9.05 Å². The molecule has 3 aromatic rings. The smallest absolute Gasteiger partial charge is 0.219 e. The van der Waals surface area contributed by atoms with Crippen LogP contribution in [-0.4, -0.2) is 21.2 Å². The molecule has 136 valence electrons. The van der Waals surface area contributed by atoms with Gasteiger partial charge in [0.25, 0.3) is 0 Å². The van der Waals surface area contributed by atoms with Gasteiger partial charge in [0.15, 0.2) is 5.78 Å². The molecule has 8 heteroatoms. The summed E-state index contributed by atoms with van der Waals surface area (Å²) < 4.78 is 10.4. The van der Waals surface area contributed by atoms with E-state index in [1.165, 1.54) is 0 Å². The molecule has 2 atom stereocenters. The first-order valence-electron chi connectivity index (χ1n) is 8.63. The standard InChI is InChI=1S/C19H16N4O4/c24-12-5-3-10(4-6-12)17-16-13(20-18-19(21-17)23-27-22-18)8-11(9-14(16)25)15-2-1-7-26-15/h1-7,11,17,24H,8-9H2,(H,20,22)(H,21,23)/t11-,17-/m0/s1. The minimum absolute atomic E-state index is 0.0258. The van der Waals surface area contributed by atoms with Crippen molar-refractivity contribution in [3.63, 3.8) is 0 Å². The maximum atomic E-state index is 13.1. The van der Waals surface area contributed by atoms with Crippen molar-refractivity contribution in [2.75, 3.05) is 10.6 Å². The van der Waals surface area contributed by atoms with Gasteiger partial charge in [0.05, 0.1) is 12.3 Å². The Morgan fingerprint density at radius 2 is 1.89 bits per heavy atom. The second kappa shape index (κ2) is 6.01. The summed E-state index contributed by atoms with van der Waals surface area (Å²) in [6.07, 6.45) is 2.58. The summed E-state index contributed by atoms with van der Waals surface area (Å²) >= 11 is 0. The molecule has 0 spiro atoms. The van der Waals surface area contributed by atoms with Crippen molar-refractivity contribution >= 4 is 17.4 Å². The number of allylic oxidation sites excluding steroid dienone is 1. The lowest BCUT2D eigenvalue weighted by molar-refractivity contribution is -0.116. The Morgan fingerprint density at radius 1 is 1.07 bits per heavy atom. The third-order valence-corrected chi connectivity index (χ3v) is 5.01. The van der Waals surface area contributed by atoms with Crippen molar-refractivity contribution in [3.05, 3.63) is 65.3 Å². The van der Waals surface area contributed by atoms with Gasteiger partial charge in [-0.1, -0.05) is 12.1 Å². The van der Waals surface area contributed by atoms with Gasteiger partial charge < -0.3 is 20.2 Å². The molecule has 0 saturated carbocycles. The Hall–Kier alpha value is -3.55. The van der Waals surface area contributed by atoms with E-state index in [-0.39, 0.29) is 17.5 Å². The largest absolute Gasteiger partial charge is 0.508 e. The Balaban J connectivity index is 1.61.